The minimum absolute atomic E-state index is 0.156. The summed E-state index contributed by atoms with van der Waals surface area (Å²) in [5.41, 5.74) is 0. The van der Waals surface area contributed by atoms with Crippen molar-refractivity contribution >= 4 is 17.8 Å². The number of hydrogen-bond acceptors (Lipinski definition) is 4. The van der Waals surface area contributed by atoms with Gasteiger partial charge in [0.05, 0.1) is 6.42 Å². The summed E-state index contributed by atoms with van der Waals surface area (Å²) < 4.78 is 0. The van der Waals surface area contributed by atoms with E-state index in [-0.39, 0.29) is 6.42 Å². The van der Waals surface area contributed by atoms with Crippen LogP contribution >= 0.6 is 0 Å². The number of aliphatic carboxylic acids is 2. The number of hydrogen-bond donors (Lipinski definition) is 3. The van der Waals surface area contributed by atoms with Crippen LogP contribution in [-0.2, 0) is 14.4 Å². The molecule has 0 fully saturated rings. The third-order valence-corrected chi connectivity index (χ3v) is 2.63. The first-order valence-electron chi connectivity index (χ1n) is 6.29. The van der Waals surface area contributed by atoms with Crippen LogP contribution in [0, 0.1) is 0 Å². The number of nitrogens with one attached hydrogen (secondary N) is 1. The van der Waals surface area contributed by atoms with Gasteiger partial charge in [-0.2, -0.15) is 0 Å². The van der Waals surface area contributed by atoms with Gasteiger partial charge < -0.3 is 20.4 Å². The molecule has 0 aliphatic carbocycles. The number of carboxylic acid groups (broad SMARTS) is 2. The van der Waals surface area contributed by atoms with Crippen molar-refractivity contribution < 1.29 is 24.6 Å². The second-order valence-electron chi connectivity index (χ2n) is 4.46. The molecule has 0 aliphatic heterocycles. The number of carboxylic acids is 2. The minimum Gasteiger partial charge on any atom is -0.481 e. The van der Waals surface area contributed by atoms with E-state index in [4.69, 9.17) is 10.2 Å². The molecule has 0 aromatic heterocycles. The molecule has 0 aromatic rings. The van der Waals surface area contributed by atoms with Crippen molar-refractivity contribution in [3.05, 3.63) is 0 Å². The molecule has 0 aromatic carbocycles. The van der Waals surface area contributed by atoms with E-state index < -0.39 is 30.3 Å². The van der Waals surface area contributed by atoms with Crippen molar-refractivity contribution in [2.75, 3.05) is 20.1 Å². The Morgan fingerprint density at radius 2 is 1.84 bits per heavy atom. The Hall–Kier alpha value is -1.63. The van der Waals surface area contributed by atoms with Gasteiger partial charge in [-0.1, -0.05) is 13.3 Å². The molecule has 7 heteroatoms. The maximum Gasteiger partial charge on any atom is 0.326 e. The highest BCUT2D eigenvalue weighted by Gasteiger charge is 2.22. The van der Waals surface area contributed by atoms with E-state index in [9.17, 15) is 14.4 Å². The van der Waals surface area contributed by atoms with Gasteiger partial charge in [0.25, 0.3) is 0 Å². The van der Waals surface area contributed by atoms with Gasteiger partial charge in [-0.25, -0.2) is 4.79 Å². The van der Waals surface area contributed by atoms with Crippen molar-refractivity contribution in [2.24, 2.45) is 0 Å². The van der Waals surface area contributed by atoms with Gasteiger partial charge in [0, 0.05) is 13.0 Å². The molecule has 1 atom stereocenters. The lowest BCUT2D eigenvalue weighted by Gasteiger charge is -2.17. The standard InChI is InChI=1S/C12H22N2O5/c1-3-4-6-14(2)7-5-10(15)13-9(12(18)19)8-11(16)17/h9H,3-8H2,1-2H3,(H,13,15)(H,16,17)(H,18,19). The predicted octanol–water partition coefficient (Wildman–Crippen LogP) is 0.153. The molecule has 110 valence electrons. The molecular weight excluding hydrogens is 252 g/mol. The molecule has 0 heterocycles. The lowest BCUT2D eigenvalue weighted by molar-refractivity contribution is -0.147. The van der Waals surface area contributed by atoms with E-state index in [1.807, 2.05) is 11.9 Å². The zero-order valence-corrected chi connectivity index (χ0v) is 11.4. The highest BCUT2D eigenvalue weighted by Crippen LogP contribution is 1.97. The van der Waals surface area contributed by atoms with Gasteiger partial charge in [-0.05, 0) is 20.0 Å². The van der Waals surface area contributed by atoms with Gasteiger partial charge in [0.2, 0.25) is 5.91 Å². The van der Waals surface area contributed by atoms with E-state index >= 15 is 0 Å². The Labute approximate surface area is 112 Å². The summed E-state index contributed by atoms with van der Waals surface area (Å²) in [5.74, 6) is -3.04. The lowest BCUT2D eigenvalue weighted by atomic mass is 10.2. The number of nitrogens with zero attached hydrogens (tertiary/aromatic N) is 1. The number of carbonyl (C=O) groups excluding carboxylic acids is 1. The van der Waals surface area contributed by atoms with Crippen LogP contribution in [0.4, 0.5) is 0 Å². The highest BCUT2D eigenvalue weighted by molar-refractivity contribution is 5.86. The fourth-order valence-corrected chi connectivity index (χ4v) is 1.47. The molecule has 0 radical (unpaired) electrons. The van der Waals surface area contributed by atoms with E-state index in [1.165, 1.54) is 0 Å². The summed E-state index contributed by atoms with van der Waals surface area (Å²) >= 11 is 0. The smallest absolute Gasteiger partial charge is 0.326 e. The van der Waals surface area contributed by atoms with Crippen LogP contribution in [0.25, 0.3) is 0 Å². The van der Waals surface area contributed by atoms with Crippen molar-refractivity contribution in [1.82, 2.24) is 10.2 Å². The fraction of sp³-hybridized carbons (Fsp3) is 0.750. The number of unbranched alkanes of at least 4 members (excludes halogenated alkanes) is 1. The van der Waals surface area contributed by atoms with Crippen molar-refractivity contribution in [2.45, 2.75) is 38.6 Å². The topological polar surface area (TPSA) is 107 Å². The van der Waals surface area contributed by atoms with Crippen LogP contribution in [0.1, 0.15) is 32.6 Å². The first-order chi connectivity index (χ1) is 8.86. The first-order valence-corrected chi connectivity index (χ1v) is 6.29. The Balaban J connectivity index is 4.06. The molecule has 19 heavy (non-hydrogen) atoms. The molecule has 3 N–H and O–H groups in total. The molecule has 0 rings (SSSR count). The second kappa shape index (κ2) is 9.32. The van der Waals surface area contributed by atoms with Crippen LogP contribution in [0.2, 0.25) is 0 Å². The summed E-state index contributed by atoms with van der Waals surface area (Å²) in [6, 6.07) is -1.37. The Morgan fingerprint density at radius 1 is 1.21 bits per heavy atom. The van der Waals surface area contributed by atoms with E-state index in [0.29, 0.717) is 6.54 Å². The quantitative estimate of drug-likeness (QED) is 0.523. The monoisotopic (exact) mass is 274 g/mol. The summed E-state index contributed by atoms with van der Waals surface area (Å²) in [6.07, 6.45) is 1.64. The average molecular weight is 274 g/mol. The largest absolute Gasteiger partial charge is 0.481 e. The predicted molar refractivity (Wildman–Crippen MR) is 68.8 cm³/mol. The molecule has 0 aliphatic rings. The zero-order chi connectivity index (χ0) is 14.8. The minimum atomic E-state index is -1.37. The summed E-state index contributed by atoms with van der Waals surface area (Å²) in [7, 11) is 1.88. The molecule has 0 spiro atoms. The van der Waals surface area contributed by atoms with Crippen molar-refractivity contribution in [3.8, 4) is 0 Å². The summed E-state index contributed by atoms with van der Waals surface area (Å²) in [4.78, 5) is 34.7. The van der Waals surface area contributed by atoms with Gasteiger partial charge in [-0.3, -0.25) is 9.59 Å². The summed E-state index contributed by atoms with van der Waals surface area (Å²) in [5, 5.41) is 19.5. The van der Waals surface area contributed by atoms with Crippen LogP contribution in [0.3, 0.4) is 0 Å². The van der Waals surface area contributed by atoms with Crippen LogP contribution in [0.5, 0.6) is 0 Å². The van der Waals surface area contributed by atoms with Crippen molar-refractivity contribution in [1.29, 1.82) is 0 Å². The van der Waals surface area contributed by atoms with Gasteiger partial charge in [0.15, 0.2) is 0 Å². The van der Waals surface area contributed by atoms with Gasteiger partial charge >= 0.3 is 11.9 Å². The number of amides is 1. The fourth-order valence-electron chi connectivity index (χ4n) is 1.47. The second-order valence-corrected chi connectivity index (χ2v) is 4.46. The Kier molecular flexibility index (Phi) is 8.52. The highest BCUT2D eigenvalue weighted by atomic mass is 16.4. The normalized spacial score (nSPS) is 12.2. The maximum absolute atomic E-state index is 11.5. The average Bonchev–Trinajstić information content (AvgIpc) is 2.32. The maximum atomic E-state index is 11.5. The number of rotatable bonds is 10. The van der Waals surface area contributed by atoms with Gasteiger partial charge in [0.1, 0.15) is 6.04 Å². The molecule has 0 saturated carbocycles. The van der Waals surface area contributed by atoms with Crippen LogP contribution < -0.4 is 5.32 Å². The van der Waals surface area contributed by atoms with Crippen molar-refractivity contribution in [3.63, 3.8) is 0 Å². The van der Waals surface area contributed by atoms with Crippen LogP contribution in [-0.4, -0.2) is 59.1 Å². The zero-order valence-electron chi connectivity index (χ0n) is 11.4. The Morgan fingerprint density at radius 3 is 2.32 bits per heavy atom. The molecule has 0 saturated heterocycles. The number of carbonyl (C=O) groups is 3. The molecule has 7 nitrogen and oxygen atoms in total. The molecular formula is C12H22N2O5. The SMILES string of the molecule is CCCCN(C)CCC(=O)NC(CC(=O)O)C(=O)O. The molecule has 1 unspecified atom stereocenters. The third kappa shape index (κ3) is 9.01. The van der Waals surface area contributed by atoms with E-state index in [1.54, 1.807) is 0 Å². The Bertz CT molecular complexity index is 319. The molecule has 0 bridgehead atoms. The van der Waals surface area contributed by atoms with Crippen LogP contribution in [0.15, 0.2) is 0 Å². The lowest BCUT2D eigenvalue weighted by Crippen LogP contribution is -2.43. The third-order valence-electron chi connectivity index (χ3n) is 2.63. The van der Waals surface area contributed by atoms with E-state index in [2.05, 4.69) is 12.2 Å². The molecule has 1 amide bonds. The first kappa shape index (κ1) is 17.4. The van der Waals surface area contributed by atoms with Gasteiger partial charge in [-0.15, -0.1) is 0 Å². The summed E-state index contributed by atoms with van der Waals surface area (Å²) in [6.45, 7) is 3.47. The van der Waals surface area contributed by atoms with E-state index in [0.717, 1.165) is 19.4 Å².